The molecule has 0 amide bonds. The number of carbonyl (C=O) groups is 2. The van der Waals surface area contributed by atoms with Crippen LogP contribution in [0.5, 0.6) is 0 Å². The standard InChI is InChI=1S/C24H33N3O5Si/c1-30-33(31-2,32-3)20(12-15-25)14-17-27-16-13-18-10-7-11-21(22(18)26)24(29)23(28)19-8-5-4-6-9-19/h4-11,13,16,20,27H,12,14-15,17,25-26H2,1-3H3. The maximum atomic E-state index is 12.7. The Labute approximate surface area is 196 Å². The van der Waals surface area contributed by atoms with Gasteiger partial charge in [-0.1, -0.05) is 42.5 Å². The van der Waals surface area contributed by atoms with E-state index in [1.165, 1.54) is 0 Å². The number of nitrogens with one attached hydrogen (secondary N) is 1. The summed E-state index contributed by atoms with van der Waals surface area (Å²) in [5.41, 5.74) is 13.4. The van der Waals surface area contributed by atoms with Gasteiger partial charge >= 0.3 is 8.80 Å². The molecule has 0 fully saturated rings. The summed E-state index contributed by atoms with van der Waals surface area (Å²) in [7, 11) is 1.99. The van der Waals surface area contributed by atoms with Crippen LogP contribution < -0.4 is 16.8 Å². The van der Waals surface area contributed by atoms with Gasteiger partial charge in [0.05, 0.1) is 5.69 Å². The fourth-order valence-electron chi connectivity index (χ4n) is 3.71. The lowest BCUT2D eigenvalue weighted by atomic mass is 9.98. The van der Waals surface area contributed by atoms with E-state index in [4.69, 9.17) is 24.7 Å². The number of nitrogens with two attached hydrogens (primary N) is 2. The number of anilines is 1. The summed E-state index contributed by atoms with van der Waals surface area (Å²) in [6.45, 7) is 1.14. The third-order valence-corrected chi connectivity index (χ3v) is 8.80. The molecule has 0 aliphatic carbocycles. The lowest BCUT2D eigenvalue weighted by Crippen LogP contribution is -2.48. The molecule has 2 aromatic carbocycles. The normalized spacial score (nSPS) is 12.6. The van der Waals surface area contributed by atoms with Gasteiger partial charge in [-0.15, -0.1) is 0 Å². The fourth-order valence-corrected chi connectivity index (χ4v) is 6.23. The van der Waals surface area contributed by atoms with Crippen molar-refractivity contribution in [2.24, 2.45) is 5.73 Å². The van der Waals surface area contributed by atoms with Crippen molar-refractivity contribution in [2.45, 2.75) is 18.4 Å². The van der Waals surface area contributed by atoms with E-state index < -0.39 is 20.4 Å². The minimum Gasteiger partial charge on any atom is -0.398 e. The van der Waals surface area contributed by atoms with Crippen molar-refractivity contribution in [3.05, 3.63) is 71.4 Å². The van der Waals surface area contributed by atoms with Gasteiger partial charge in [0.1, 0.15) is 0 Å². The van der Waals surface area contributed by atoms with E-state index in [-0.39, 0.29) is 16.8 Å². The number of rotatable bonds is 14. The molecule has 0 saturated heterocycles. The summed E-state index contributed by atoms with van der Waals surface area (Å²) >= 11 is 0. The maximum absolute atomic E-state index is 12.7. The first-order valence-electron chi connectivity index (χ1n) is 10.7. The molecule has 5 N–H and O–H groups in total. The van der Waals surface area contributed by atoms with Gasteiger partial charge in [0.15, 0.2) is 0 Å². The number of hydrogen-bond acceptors (Lipinski definition) is 8. The number of hydrogen-bond donors (Lipinski definition) is 3. The molecule has 0 radical (unpaired) electrons. The summed E-state index contributed by atoms with van der Waals surface area (Å²) in [5, 5.41) is 3.22. The van der Waals surface area contributed by atoms with E-state index >= 15 is 0 Å². The Hall–Kier alpha value is -2.82. The zero-order valence-corrected chi connectivity index (χ0v) is 20.4. The number of para-hydroxylation sites is 1. The van der Waals surface area contributed by atoms with Crippen LogP contribution in [0.4, 0.5) is 5.69 Å². The molecule has 0 heterocycles. The Balaban J connectivity index is 2.04. The number of ketones is 2. The van der Waals surface area contributed by atoms with Gasteiger partial charge in [0.2, 0.25) is 11.6 Å². The molecule has 0 saturated carbocycles. The number of benzene rings is 2. The Morgan fingerprint density at radius 1 is 0.970 bits per heavy atom. The van der Waals surface area contributed by atoms with Crippen molar-refractivity contribution in [3.8, 4) is 0 Å². The minimum absolute atomic E-state index is 0.0541. The molecule has 0 aliphatic heterocycles. The van der Waals surface area contributed by atoms with Crippen LogP contribution in [0.2, 0.25) is 5.54 Å². The van der Waals surface area contributed by atoms with Crippen molar-refractivity contribution in [3.63, 3.8) is 0 Å². The van der Waals surface area contributed by atoms with E-state index in [0.29, 0.717) is 24.2 Å². The first kappa shape index (κ1) is 26.4. The average molecular weight is 472 g/mol. The van der Waals surface area contributed by atoms with Crippen LogP contribution >= 0.6 is 0 Å². The summed E-state index contributed by atoms with van der Waals surface area (Å²) < 4.78 is 16.8. The van der Waals surface area contributed by atoms with Crippen molar-refractivity contribution in [1.29, 1.82) is 0 Å². The van der Waals surface area contributed by atoms with Crippen LogP contribution in [-0.4, -0.2) is 54.8 Å². The third kappa shape index (κ3) is 6.59. The molecule has 0 aliphatic rings. The highest BCUT2D eigenvalue weighted by atomic mass is 28.4. The maximum Gasteiger partial charge on any atom is 0.503 e. The average Bonchev–Trinajstić information content (AvgIpc) is 2.85. The van der Waals surface area contributed by atoms with Crippen molar-refractivity contribution >= 4 is 32.1 Å². The number of nitrogen functional groups attached to an aromatic ring is 1. The third-order valence-electron chi connectivity index (χ3n) is 5.51. The molecule has 2 rings (SSSR count). The molecule has 0 bridgehead atoms. The van der Waals surface area contributed by atoms with E-state index in [1.807, 2.05) is 0 Å². The van der Waals surface area contributed by atoms with E-state index in [2.05, 4.69) is 5.32 Å². The molecule has 8 nitrogen and oxygen atoms in total. The fraction of sp³-hybridized carbons (Fsp3) is 0.333. The van der Waals surface area contributed by atoms with Crippen LogP contribution in [0.1, 0.15) is 39.1 Å². The van der Waals surface area contributed by atoms with Crippen LogP contribution in [0.3, 0.4) is 0 Å². The summed E-state index contributed by atoms with van der Waals surface area (Å²) in [5.74, 6) is -1.22. The van der Waals surface area contributed by atoms with Crippen LogP contribution in [0, 0.1) is 0 Å². The van der Waals surface area contributed by atoms with Gasteiger partial charge in [0, 0.05) is 44.5 Å². The smallest absolute Gasteiger partial charge is 0.398 e. The summed E-state index contributed by atoms with van der Waals surface area (Å²) in [6, 6.07) is 13.5. The molecule has 0 spiro atoms. The van der Waals surface area contributed by atoms with Gasteiger partial charge in [-0.3, -0.25) is 9.59 Å². The second kappa shape index (κ2) is 13.0. The minimum atomic E-state index is -2.79. The van der Waals surface area contributed by atoms with Crippen LogP contribution in [0.15, 0.2) is 54.7 Å². The van der Waals surface area contributed by atoms with Gasteiger partial charge in [-0.2, -0.15) is 0 Å². The summed E-state index contributed by atoms with van der Waals surface area (Å²) in [6.07, 6.45) is 4.99. The predicted octanol–water partition coefficient (Wildman–Crippen LogP) is 2.88. The zero-order chi connectivity index (χ0) is 24.3. The van der Waals surface area contributed by atoms with Gasteiger partial charge in [0.25, 0.3) is 0 Å². The van der Waals surface area contributed by atoms with E-state index in [9.17, 15) is 9.59 Å². The van der Waals surface area contributed by atoms with Crippen molar-refractivity contribution in [2.75, 3.05) is 40.2 Å². The highest BCUT2D eigenvalue weighted by Crippen LogP contribution is 2.30. The lowest BCUT2D eigenvalue weighted by molar-refractivity contribution is 0.0817. The van der Waals surface area contributed by atoms with E-state index in [0.717, 1.165) is 12.8 Å². The molecular weight excluding hydrogens is 438 g/mol. The van der Waals surface area contributed by atoms with Gasteiger partial charge in [-0.25, -0.2) is 0 Å². The molecule has 0 aromatic heterocycles. The largest absolute Gasteiger partial charge is 0.503 e. The number of carbonyl (C=O) groups excluding carboxylic acids is 2. The van der Waals surface area contributed by atoms with Crippen LogP contribution in [0.25, 0.3) is 6.08 Å². The molecule has 9 heteroatoms. The predicted molar refractivity (Wildman–Crippen MR) is 132 cm³/mol. The SMILES string of the molecule is CO[Si](OC)(OC)C(CCN)CCNC=Cc1cccc(C(=O)C(=O)c2ccccc2)c1N. The first-order chi connectivity index (χ1) is 15.9. The zero-order valence-electron chi connectivity index (χ0n) is 19.4. The Morgan fingerprint density at radius 3 is 2.24 bits per heavy atom. The quantitative estimate of drug-likeness (QED) is 0.126. The Kier molecular flexibility index (Phi) is 10.4. The Bertz CT molecular complexity index is 940. The second-order valence-electron chi connectivity index (χ2n) is 7.40. The molecule has 1 unspecified atom stereocenters. The number of Topliss-reactive ketones (excluding diaryl/α,β-unsaturated/α-hetero) is 2. The van der Waals surface area contributed by atoms with Gasteiger partial charge in [-0.05, 0) is 43.3 Å². The van der Waals surface area contributed by atoms with Crippen molar-refractivity contribution in [1.82, 2.24) is 5.32 Å². The monoisotopic (exact) mass is 471 g/mol. The second-order valence-corrected chi connectivity index (χ2v) is 10.6. The highest BCUT2D eigenvalue weighted by molar-refractivity contribution is 6.62. The van der Waals surface area contributed by atoms with Crippen molar-refractivity contribution < 1.29 is 22.9 Å². The lowest BCUT2D eigenvalue weighted by Gasteiger charge is -2.32. The van der Waals surface area contributed by atoms with Crippen LogP contribution in [-0.2, 0) is 13.3 Å². The molecule has 178 valence electrons. The highest BCUT2D eigenvalue weighted by Gasteiger charge is 2.46. The summed E-state index contributed by atoms with van der Waals surface area (Å²) in [4.78, 5) is 25.2. The molecule has 33 heavy (non-hydrogen) atoms. The van der Waals surface area contributed by atoms with Gasteiger partial charge < -0.3 is 30.1 Å². The Morgan fingerprint density at radius 2 is 1.64 bits per heavy atom. The molecular formula is C24H33N3O5Si. The molecule has 2 aromatic rings. The van der Waals surface area contributed by atoms with E-state index in [1.54, 1.807) is 82.1 Å². The molecule has 1 atom stereocenters. The first-order valence-corrected chi connectivity index (χ1v) is 12.5. The topological polar surface area (TPSA) is 126 Å².